The lowest BCUT2D eigenvalue weighted by molar-refractivity contribution is -0.146. The van der Waals surface area contributed by atoms with Crippen LogP contribution in [-0.2, 0) is 19.6 Å². The third-order valence-corrected chi connectivity index (χ3v) is 6.76. The summed E-state index contributed by atoms with van der Waals surface area (Å²) in [6.45, 7) is 2.75. The minimum atomic E-state index is -3.19. The van der Waals surface area contributed by atoms with Crippen LogP contribution in [-0.4, -0.2) is 54.6 Å². The van der Waals surface area contributed by atoms with Crippen LogP contribution in [0.3, 0.4) is 0 Å². The van der Waals surface area contributed by atoms with Crippen LogP contribution in [0.15, 0.2) is 0 Å². The van der Waals surface area contributed by atoms with E-state index in [-0.39, 0.29) is 29.5 Å². The van der Waals surface area contributed by atoms with Crippen LogP contribution in [0.1, 0.15) is 45.4 Å². The molecule has 2 N–H and O–H groups in total. The highest BCUT2D eigenvalue weighted by atomic mass is 32.2. The zero-order valence-corrected chi connectivity index (χ0v) is 14.3. The predicted molar refractivity (Wildman–Crippen MR) is 85.3 cm³/mol. The summed E-state index contributed by atoms with van der Waals surface area (Å²) in [7, 11) is -3.19. The molecule has 1 amide bonds. The third-order valence-electron chi connectivity index (χ3n) is 4.81. The Morgan fingerprint density at radius 1 is 1.17 bits per heavy atom. The van der Waals surface area contributed by atoms with Gasteiger partial charge >= 0.3 is 5.97 Å². The molecule has 0 radical (unpaired) electrons. The van der Waals surface area contributed by atoms with E-state index in [0.717, 1.165) is 6.42 Å². The summed E-state index contributed by atoms with van der Waals surface area (Å²) in [6.07, 6.45) is 3.56. The van der Waals surface area contributed by atoms with Gasteiger partial charge in [0.05, 0.1) is 11.7 Å². The second kappa shape index (κ2) is 7.61. The van der Waals surface area contributed by atoms with Gasteiger partial charge in [-0.3, -0.25) is 9.59 Å². The minimum Gasteiger partial charge on any atom is -0.481 e. The standard InChI is InChI=1S/C15H26N2O5S/c1-2-3-8-23(21,22)17-6-4-11(5-7-17)14(18)16-13-9-12(10-13)15(19)20/h11-13H,2-10H2,1H3,(H,16,18)(H,19,20). The molecule has 0 aromatic rings. The zero-order chi connectivity index (χ0) is 17.0. The summed E-state index contributed by atoms with van der Waals surface area (Å²) in [5, 5.41) is 11.7. The molecule has 0 spiro atoms. The van der Waals surface area contributed by atoms with Crippen LogP contribution in [0.5, 0.6) is 0 Å². The Morgan fingerprint density at radius 3 is 2.30 bits per heavy atom. The molecule has 1 aliphatic heterocycles. The van der Waals surface area contributed by atoms with E-state index in [1.165, 1.54) is 4.31 Å². The molecule has 0 aromatic carbocycles. The number of amides is 1. The first-order valence-electron chi connectivity index (χ1n) is 8.34. The minimum absolute atomic E-state index is 0.0464. The number of carbonyl (C=O) groups excluding carboxylic acids is 1. The van der Waals surface area contributed by atoms with Gasteiger partial charge in [0.25, 0.3) is 0 Å². The number of rotatable bonds is 7. The topological polar surface area (TPSA) is 104 Å². The smallest absolute Gasteiger partial charge is 0.306 e. The molecule has 0 aromatic heterocycles. The van der Waals surface area contributed by atoms with E-state index < -0.39 is 16.0 Å². The largest absolute Gasteiger partial charge is 0.481 e. The molecule has 0 unspecified atom stereocenters. The summed E-state index contributed by atoms with van der Waals surface area (Å²) in [5.41, 5.74) is 0. The second-order valence-corrected chi connectivity index (χ2v) is 8.64. The monoisotopic (exact) mass is 346 g/mol. The first-order chi connectivity index (χ1) is 10.8. The van der Waals surface area contributed by atoms with Crippen molar-refractivity contribution in [3.8, 4) is 0 Å². The highest BCUT2D eigenvalue weighted by Crippen LogP contribution is 2.28. The number of carboxylic acid groups (broad SMARTS) is 1. The van der Waals surface area contributed by atoms with E-state index in [4.69, 9.17) is 5.11 Å². The zero-order valence-electron chi connectivity index (χ0n) is 13.5. The Labute approximate surface area is 137 Å². The van der Waals surface area contributed by atoms with Gasteiger partial charge in [-0.15, -0.1) is 0 Å². The predicted octanol–water partition coefficient (Wildman–Crippen LogP) is 0.808. The Balaban J connectivity index is 1.74. The number of unbranched alkanes of at least 4 members (excludes halogenated alkanes) is 1. The lowest BCUT2D eigenvalue weighted by atomic mass is 9.80. The number of piperidine rings is 1. The summed E-state index contributed by atoms with van der Waals surface area (Å²) in [5.74, 6) is -1.20. The van der Waals surface area contributed by atoms with Crippen LogP contribution in [0.25, 0.3) is 0 Å². The van der Waals surface area contributed by atoms with Crippen LogP contribution < -0.4 is 5.32 Å². The van der Waals surface area contributed by atoms with Gasteiger partial charge in [-0.2, -0.15) is 0 Å². The van der Waals surface area contributed by atoms with E-state index in [2.05, 4.69) is 5.32 Å². The number of sulfonamides is 1. The van der Waals surface area contributed by atoms with E-state index in [1.807, 2.05) is 6.92 Å². The van der Waals surface area contributed by atoms with Gasteiger partial charge in [-0.25, -0.2) is 12.7 Å². The molecule has 1 saturated heterocycles. The molecule has 2 fully saturated rings. The average molecular weight is 346 g/mol. The molecule has 7 nitrogen and oxygen atoms in total. The van der Waals surface area contributed by atoms with Gasteiger partial charge in [0.1, 0.15) is 0 Å². The van der Waals surface area contributed by atoms with Crippen molar-refractivity contribution in [2.24, 2.45) is 11.8 Å². The normalized spacial score (nSPS) is 26.5. The molecule has 132 valence electrons. The van der Waals surface area contributed by atoms with Crippen molar-refractivity contribution in [2.75, 3.05) is 18.8 Å². The van der Waals surface area contributed by atoms with E-state index in [1.54, 1.807) is 0 Å². The fourth-order valence-corrected chi connectivity index (χ4v) is 4.79. The van der Waals surface area contributed by atoms with Crippen molar-refractivity contribution in [1.82, 2.24) is 9.62 Å². The van der Waals surface area contributed by atoms with Gasteiger partial charge in [-0.05, 0) is 32.1 Å². The lowest BCUT2D eigenvalue weighted by Crippen LogP contribution is -2.50. The highest BCUT2D eigenvalue weighted by molar-refractivity contribution is 7.89. The fourth-order valence-electron chi connectivity index (χ4n) is 3.11. The maximum Gasteiger partial charge on any atom is 0.306 e. The van der Waals surface area contributed by atoms with Crippen LogP contribution >= 0.6 is 0 Å². The molecule has 8 heteroatoms. The molecular formula is C15H26N2O5S. The Morgan fingerprint density at radius 2 is 1.78 bits per heavy atom. The number of nitrogens with zero attached hydrogens (tertiary/aromatic N) is 1. The quantitative estimate of drug-likeness (QED) is 0.710. The molecule has 23 heavy (non-hydrogen) atoms. The molecule has 0 atom stereocenters. The maximum atomic E-state index is 12.2. The van der Waals surface area contributed by atoms with Crippen molar-refractivity contribution < 1.29 is 23.1 Å². The number of carbonyl (C=O) groups is 2. The molecular weight excluding hydrogens is 320 g/mol. The fraction of sp³-hybridized carbons (Fsp3) is 0.867. The maximum absolute atomic E-state index is 12.2. The molecule has 2 aliphatic rings. The summed E-state index contributed by atoms with van der Waals surface area (Å²) in [6, 6.07) is -0.0464. The molecule has 0 bridgehead atoms. The van der Waals surface area contributed by atoms with E-state index >= 15 is 0 Å². The Bertz CT molecular complexity index is 534. The molecule has 1 heterocycles. The van der Waals surface area contributed by atoms with Crippen molar-refractivity contribution in [1.29, 1.82) is 0 Å². The highest BCUT2D eigenvalue weighted by Gasteiger charge is 2.37. The third kappa shape index (κ3) is 4.67. The number of hydrogen-bond donors (Lipinski definition) is 2. The number of carboxylic acids is 1. The second-order valence-electron chi connectivity index (χ2n) is 6.55. The van der Waals surface area contributed by atoms with Crippen LogP contribution in [0.2, 0.25) is 0 Å². The van der Waals surface area contributed by atoms with Crippen LogP contribution in [0, 0.1) is 11.8 Å². The van der Waals surface area contributed by atoms with Gasteiger partial charge < -0.3 is 10.4 Å². The van der Waals surface area contributed by atoms with Crippen molar-refractivity contribution in [2.45, 2.75) is 51.5 Å². The van der Waals surface area contributed by atoms with E-state index in [9.17, 15) is 18.0 Å². The lowest BCUT2D eigenvalue weighted by Gasteiger charge is -2.35. The first kappa shape index (κ1) is 18.2. The van der Waals surface area contributed by atoms with Gasteiger partial charge in [0, 0.05) is 25.0 Å². The number of nitrogens with one attached hydrogen (secondary N) is 1. The molecule has 1 aliphatic carbocycles. The van der Waals surface area contributed by atoms with Crippen LogP contribution in [0.4, 0.5) is 0 Å². The van der Waals surface area contributed by atoms with Gasteiger partial charge in [0.2, 0.25) is 15.9 Å². The van der Waals surface area contributed by atoms with E-state index in [0.29, 0.717) is 45.2 Å². The number of aliphatic carboxylic acids is 1. The van der Waals surface area contributed by atoms with Crippen molar-refractivity contribution in [3.63, 3.8) is 0 Å². The first-order valence-corrected chi connectivity index (χ1v) is 9.95. The summed E-state index contributed by atoms with van der Waals surface area (Å²) < 4.78 is 25.7. The van der Waals surface area contributed by atoms with Crippen molar-refractivity contribution >= 4 is 21.9 Å². The summed E-state index contributed by atoms with van der Waals surface area (Å²) in [4.78, 5) is 22.9. The molecule has 2 rings (SSSR count). The summed E-state index contributed by atoms with van der Waals surface area (Å²) >= 11 is 0. The van der Waals surface area contributed by atoms with Crippen molar-refractivity contribution in [3.05, 3.63) is 0 Å². The number of hydrogen-bond acceptors (Lipinski definition) is 4. The van der Waals surface area contributed by atoms with Gasteiger partial charge in [-0.1, -0.05) is 13.3 Å². The Kier molecular flexibility index (Phi) is 6.02. The SMILES string of the molecule is CCCCS(=O)(=O)N1CCC(C(=O)NC2CC(C(=O)O)C2)CC1. The average Bonchev–Trinajstić information content (AvgIpc) is 2.48. The van der Waals surface area contributed by atoms with Gasteiger partial charge in [0.15, 0.2) is 0 Å². The molecule has 1 saturated carbocycles. The Hall–Kier alpha value is -1.15.